The summed E-state index contributed by atoms with van der Waals surface area (Å²) in [6.07, 6.45) is 1.90. The SMILES string of the molecule is Cc1ccccc1S(=O)(=O)NC1CC(C)C1. The summed E-state index contributed by atoms with van der Waals surface area (Å²) < 4.78 is 26.9. The minimum Gasteiger partial charge on any atom is -0.208 e. The predicted molar refractivity (Wildman–Crippen MR) is 63.7 cm³/mol. The summed E-state index contributed by atoms with van der Waals surface area (Å²) in [5.41, 5.74) is 0.794. The molecule has 0 radical (unpaired) electrons. The Balaban J connectivity index is 2.16. The Bertz CT molecular complexity index is 476. The molecular formula is C12H17NO2S. The van der Waals surface area contributed by atoms with Gasteiger partial charge < -0.3 is 0 Å². The van der Waals surface area contributed by atoms with Gasteiger partial charge in [-0.1, -0.05) is 25.1 Å². The minimum atomic E-state index is -3.32. The van der Waals surface area contributed by atoms with Crippen molar-refractivity contribution in [3.05, 3.63) is 29.8 Å². The molecule has 0 bridgehead atoms. The zero-order valence-electron chi connectivity index (χ0n) is 9.60. The molecule has 0 atom stereocenters. The summed E-state index contributed by atoms with van der Waals surface area (Å²) in [6.45, 7) is 3.95. The molecule has 0 aliphatic heterocycles. The fourth-order valence-corrected chi connectivity index (χ4v) is 3.65. The highest BCUT2D eigenvalue weighted by atomic mass is 32.2. The van der Waals surface area contributed by atoms with E-state index < -0.39 is 10.0 Å². The van der Waals surface area contributed by atoms with E-state index in [1.54, 1.807) is 12.1 Å². The third-order valence-corrected chi connectivity index (χ3v) is 4.76. The van der Waals surface area contributed by atoms with E-state index in [4.69, 9.17) is 0 Å². The standard InChI is InChI=1S/C12H17NO2S/c1-9-7-11(8-9)13-16(14,15)12-6-4-3-5-10(12)2/h3-6,9,11,13H,7-8H2,1-2H3. The van der Waals surface area contributed by atoms with Gasteiger partial charge in [-0.3, -0.25) is 0 Å². The maximum absolute atomic E-state index is 12.1. The van der Waals surface area contributed by atoms with Crippen molar-refractivity contribution in [2.45, 2.75) is 37.6 Å². The van der Waals surface area contributed by atoms with Gasteiger partial charge >= 0.3 is 0 Å². The lowest BCUT2D eigenvalue weighted by Crippen LogP contribution is -2.43. The van der Waals surface area contributed by atoms with Crippen LogP contribution < -0.4 is 4.72 Å². The van der Waals surface area contributed by atoms with Gasteiger partial charge in [0.1, 0.15) is 0 Å². The second kappa shape index (κ2) is 4.18. The molecule has 1 aliphatic rings. The van der Waals surface area contributed by atoms with Crippen LogP contribution in [0.3, 0.4) is 0 Å². The van der Waals surface area contributed by atoms with Crippen LogP contribution in [0.2, 0.25) is 0 Å². The van der Waals surface area contributed by atoms with Crippen LogP contribution in [0.1, 0.15) is 25.3 Å². The maximum Gasteiger partial charge on any atom is 0.241 e. The Morgan fingerprint density at radius 3 is 2.44 bits per heavy atom. The van der Waals surface area contributed by atoms with Crippen LogP contribution in [-0.4, -0.2) is 14.5 Å². The Morgan fingerprint density at radius 2 is 1.88 bits per heavy atom. The number of hydrogen-bond donors (Lipinski definition) is 1. The average Bonchev–Trinajstić information content (AvgIpc) is 2.15. The molecule has 1 aromatic carbocycles. The van der Waals surface area contributed by atoms with E-state index in [1.165, 1.54) is 0 Å². The maximum atomic E-state index is 12.1. The summed E-state index contributed by atoms with van der Waals surface area (Å²) in [4.78, 5) is 0.398. The molecule has 88 valence electrons. The summed E-state index contributed by atoms with van der Waals surface area (Å²) in [7, 11) is -3.32. The van der Waals surface area contributed by atoms with E-state index in [2.05, 4.69) is 11.6 Å². The molecule has 0 aromatic heterocycles. The van der Waals surface area contributed by atoms with Crippen molar-refractivity contribution >= 4 is 10.0 Å². The second-order valence-electron chi connectivity index (χ2n) is 4.66. The van der Waals surface area contributed by atoms with Crippen molar-refractivity contribution < 1.29 is 8.42 Å². The normalized spacial score (nSPS) is 25.1. The van der Waals surface area contributed by atoms with Crippen LogP contribution in [0, 0.1) is 12.8 Å². The molecule has 16 heavy (non-hydrogen) atoms. The third-order valence-electron chi connectivity index (χ3n) is 3.08. The van der Waals surface area contributed by atoms with Crippen LogP contribution in [0.15, 0.2) is 29.2 Å². The van der Waals surface area contributed by atoms with Crippen molar-refractivity contribution in [2.75, 3.05) is 0 Å². The van der Waals surface area contributed by atoms with Crippen LogP contribution in [0.4, 0.5) is 0 Å². The van der Waals surface area contributed by atoms with Crippen molar-refractivity contribution in [3.63, 3.8) is 0 Å². The number of sulfonamides is 1. The van der Waals surface area contributed by atoms with Gasteiger partial charge in [-0.15, -0.1) is 0 Å². The summed E-state index contributed by atoms with van der Waals surface area (Å²) in [6, 6.07) is 7.20. The quantitative estimate of drug-likeness (QED) is 0.877. The van der Waals surface area contributed by atoms with E-state index in [0.29, 0.717) is 10.8 Å². The lowest BCUT2D eigenvalue weighted by atomic mass is 9.83. The number of benzene rings is 1. The van der Waals surface area contributed by atoms with Crippen molar-refractivity contribution in [1.82, 2.24) is 4.72 Å². The van der Waals surface area contributed by atoms with E-state index in [0.717, 1.165) is 18.4 Å². The monoisotopic (exact) mass is 239 g/mol. The van der Waals surface area contributed by atoms with Gasteiger partial charge in [-0.05, 0) is 37.3 Å². The van der Waals surface area contributed by atoms with Crippen LogP contribution in [0.25, 0.3) is 0 Å². The number of aryl methyl sites for hydroxylation is 1. The highest BCUT2D eigenvalue weighted by Crippen LogP contribution is 2.28. The van der Waals surface area contributed by atoms with Crippen molar-refractivity contribution in [1.29, 1.82) is 0 Å². The van der Waals surface area contributed by atoms with Crippen molar-refractivity contribution in [3.8, 4) is 0 Å². The molecule has 0 unspecified atom stereocenters. The molecule has 0 amide bonds. The van der Waals surface area contributed by atoms with E-state index in [1.807, 2.05) is 19.1 Å². The third kappa shape index (κ3) is 2.28. The molecule has 1 fully saturated rings. The van der Waals surface area contributed by atoms with E-state index >= 15 is 0 Å². The zero-order chi connectivity index (χ0) is 11.8. The molecule has 1 saturated carbocycles. The fraction of sp³-hybridized carbons (Fsp3) is 0.500. The number of rotatable bonds is 3. The molecule has 2 rings (SSSR count). The first kappa shape index (κ1) is 11.6. The first-order valence-electron chi connectivity index (χ1n) is 5.57. The number of nitrogens with one attached hydrogen (secondary N) is 1. The summed E-state index contributed by atoms with van der Waals surface area (Å²) >= 11 is 0. The zero-order valence-corrected chi connectivity index (χ0v) is 10.4. The topological polar surface area (TPSA) is 46.2 Å². The highest BCUT2D eigenvalue weighted by molar-refractivity contribution is 7.89. The first-order chi connectivity index (χ1) is 7.49. The van der Waals surface area contributed by atoms with Gasteiger partial charge in [0, 0.05) is 6.04 Å². The molecule has 1 aromatic rings. The van der Waals surface area contributed by atoms with Crippen LogP contribution in [-0.2, 0) is 10.0 Å². The Kier molecular flexibility index (Phi) is 3.04. The molecule has 0 saturated heterocycles. The van der Waals surface area contributed by atoms with E-state index in [-0.39, 0.29) is 6.04 Å². The second-order valence-corrected chi connectivity index (χ2v) is 6.34. The summed E-state index contributed by atoms with van der Waals surface area (Å²) in [5, 5.41) is 0. The van der Waals surface area contributed by atoms with Gasteiger partial charge in [0.15, 0.2) is 0 Å². The Morgan fingerprint density at radius 1 is 1.25 bits per heavy atom. The smallest absolute Gasteiger partial charge is 0.208 e. The Hall–Kier alpha value is -0.870. The van der Waals surface area contributed by atoms with Gasteiger partial charge in [0.05, 0.1) is 4.90 Å². The van der Waals surface area contributed by atoms with Gasteiger partial charge in [0.25, 0.3) is 0 Å². The van der Waals surface area contributed by atoms with Crippen LogP contribution >= 0.6 is 0 Å². The summed E-state index contributed by atoms with van der Waals surface area (Å²) in [5.74, 6) is 0.643. The molecule has 4 heteroatoms. The predicted octanol–water partition coefficient (Wildman–Crippen LogP) is 2.07. The Labute approximate surface area is 96.9 Å². The van der Waals surface area contributed by atoms with Crippen LogP contribution in [0.5, 0.6) is 0 Å². The molecule has 0 heterocycles. The van der Waals surface area contributed by atoms with Crippen molar-refractivity contribution in [2.24, 2.45) is 5.92 Å². The fourth-order valence-electron chi connectivity index (χ4n) is 2.14. The lowest BCUT2D eigenvalue weighted by Gasteiger charge is -2.33. The first-order valence-corrected chi connectivity index (χ1v) is 7.05. The molecule has 1 aliphatic carbocycles. The van der Waals surface area contributed by atoms with E-state index in [9.17, 15) is 8.42 Å². The minimum absolute atomic E-state index is 0.125. The van der Waals surface area contributed by atoms with Gasteiger partial charge in [0.2, 0.25) is 10.0 Å². The highest BCUT2D eigenvalue weighted by Gasteiger charge is 2.30. The van der Waals surface area contributed by atoms with Gasteiger partial charge in [-0.25, -0.2) is 13.1 Å². The lowest BCUT2D eigenvalue weighted by molar-refractivity contribution is 0.270. The largest absolute Gasteiger partial charge is 0.241 e. The molecule has 0 spiro atoms. The molecule has 1 N–H and O–H groups in total. The average molecular weight is 239 g/mol. The number of hydrogen-bond acceptors (Lipinski definition) is 2. The molecule has 3 nitrogen and oxygen atoms in total. The van der Waals surface area contributed by atoms with Gasteiger partial charge in [-0.2, -0.15) is 0 Å². The molecular weight excluding hydrogens is 222 g/mol.